The minimum Gasteiger partial charge on any atom is -0.446 e. The van der Waals surface area contributed by atoms with Gasteiger partial charge in [0.15, 0.2) is 0 Å². The first kappa shape index (κ1) is 29.3. The Morgan fingerprint density at radius 1 is 1.03 bits per heavy atom. The molecule has 38 heavy (non-hydrogen) atoms. The fraction of sp³-hybridized carbons (Fsp3) is 0.481. The highest BCUT2D eigenvalue weighted by Gasteiger charge is 2.38. The second kappa shape index (κ2) is 10.9. The lowest BCUT2D eigenvalue weighted by Gasteiger charge is -2.33. The molecule has 208 valence electrons. The molecule has 0 radical (unpaired) electrons. The largest absolute Gasteiger partial charge is 0.446 e. The van der Waals surface area contributed by atoms with Crippen molar-refractivity contribution in [2.24, 2.45) is 0 Å². The summed E-state index contributed by atoms with van der Waals surface area (Å²) >= 11 is 0. The lowest BCUT2D eigenvalue weighted by Crippen LogP contribution is -2.35. The monoisotopic (exact) mass is 544 g/mol. The van der Waals surface area contributed by atoms with Crippen LogP contribution in [-0.2, 0) is 28.4 Å². The molecule has 0 saturated heterocycles. The summed E-state index contributed by atoms with van der Waals surface area (Å²) in [5, 5.41) is 0. The lowest BCUT2D eigenvalue weighted by molar-refractivity contribution is -0.143. The molecule has 1 aliphatic heterocycles. The molecule has 1 aliphatic rings. The summed E-state index contributed by atoms with van der Waals surface area (Å²) in [5.74, 6) is -0.525. The van der Waals surface area contributed by atoms with E-state index in [-0.39, 0.29) is 24.3 Å². The molecule has 0 N–H and O–H groups in total. The number of halogens is 6. The van der Waals surface area contributed by atoms with Crippen LogP contribution in [0.1, 0.15) is 73.0 Å². The maximum atomic E-state index is 13.4. The Morgan fingerprint density at radius 2 is 1.61 bits per heavy atom. The van der Waals surface area contributed by atoms with Gasteiger partial charge in [0.05, 0.1) is 29.0 Å². The smallest absolute Gasteiger partial charge is 0.416 e. The molecular formula is C27H30F6N2O3. The summed E-state index contributed by atoms with van der Waals surface area (Å²) in [6.45, 7) is 8.10. The highest BCUT2D eigenvalue weighted by atomic mass is 19.4. The highest BCUT2D eigenvalue weighted by Crippen LogP contribution is 2.42. The highest BCUT2D eigenvalue weighted by molar-refractivity contribution is 5.91. The summed E-state index contributed by atoms with van der Waals surface area (Å²) in [4.78, 5) is 28.5. The van der Waals surface area contributed by atoms with Gasteiger partial charge in [0, 0.05) is 20.0 Å². The van der Waals surface area contributed by atoms with Gasteiger partial charge in [0.1, 0.15) is 0 Å². The van der Waals surface area contributed by atoms with E-state index in [4.69, 9.17) is 4.74 Å². The zero-order chi connectivity index (χ0) is 28.6. The van der Waals surface area contributed by atoms with Gasteiger partial charge in [-0.15, -0.1) is 0 Å². The number of nitrogens with zero attached hydrogens (tertiary/aromatic N) is 2. The quantitative estimate of drug-likeness (QED) is 0.373. The van der Waals surface area contributed by atoms with Crippen LogP contribution in [0.25, 0.3) is 0 Å². The topological polar surface area (TPSA) is 49.9 Å². The van der Waals surface area contributed by atoms with E-state index in [0.29, 0.717) is 36.2 Å². The fourth-order valence-electron chi connectivity index (χ4n) is 4.68. The number of anilines is 1. The van der Waals surface area contributed by atoms with Crippen LogP contribution in [0.2, 0.25) is 0 Å². The minimum absolute atomic E-state index is 0.0624. The van der Waals surface area contributed by atoms with Crippen LogP contribution in [0.4, 0.5) is 36.8 Å². The first-order valence-electron chi connectivity index (χ1n) is 12.1. The van der Waals surface area contributed by atoms with E-state index in [2.05, 4.69) is 0 Å². The molecule has 0 spiro atoms. The summed E-state index contributed by atoms with van der Waals surface area (Å²) in [6.07, 6.45) is -10.2. The van der Waals surface area contributed by atoms with E-state index in [9.17, 15) is 35.9 Å². The SMILES string of the molecule is CC(=O)N(Cc1cc(C(F)(F)F)cc(C(F)(F)F)c1)C1CCCN(C(=O)OC(C)C)c2c1ccc(C)c2C. The summed E-state index contributed by atoms with van der Waals surface area (Å²) in [5.41, 5.74) is -0.449. The third-order valence-electron chi connectivity index (χ3n) is 6.56. The predicted octanol–water partition coefficient (Wildman–Crippen LogP) is 7.58. The average Bonchev–Trinajstić information content (AvgIpc) is 2.98. The van der Waals surface area contributed by atoms with Gasteiger partial charge >= 0.3 is 18.4 Å². The Morgan fingerprint density at radius 3 is 2.11 bits per heavy atom. The first-order chi connectivity index (χ1) is 17.5. The molecule has 5 nitrogen and oxygen atoms in total. The summed E-state index contributed by atoms with van der Waals surface area (Å²) < 4.78 is 86.0. The number of rotatable bonds is 4. The molecule has 0 bridgehead atoms. The lowest BCUT2D eigenvalue weighted by atomic mass is 9.94. The molecular weight excluding hydrogens is 514 g/mol. The van der Waals surface area contributed by atoms with Crippen molar-refractivity contribution in [3.8, 4) is 0 Å². The number of aryl methyl sites for hydroxylation is 1. The minimum atomic E-state index is -5.00. The third kappa shape index (κ3) is 6.42. The van der Waals surface area contributed by atoms with E-state index in [0.717, 1.165) is 11.1 Å². The van der Waals surface area contributed by atoms with Crippen molar-refractivity contribution in [2.75, 3.05) is 11.4 Å². The van der Waals surface area contributed by atoms with Crippen molar-refractivity contribution in [3.63, 3.8) is 0 Å². The van der Waals surface area contributed by atoms with Crippen LogP contribution in [0.15, 0.2) is 30.3 Å². The van der Waals surface area contributed by atoms with Gasteiger partial charge in [-0.25, -0.2) is 4.79 Å². The molecule has 1 atom stereocenters. The van der Waals surface area contributed by atoms with E-state index >= 15 is 0 Å². The molecule has 0 fully saturated rings. The Kier molecular flexibility index (Phi) is 8.38. The Hall–Kier alpha value is -3.24. The van der Waals surface area contributed by atoms with Crippen molar-refractivity contribution in [2.45, 2.75) is 78.5 Å². The van der Waals surface area contributed by atoms with Gasteiger partial charge < -0.3 is 9.64 Å². The van der Waals surface area contributed by atoms with Gasteiger partial charge in [0.2, 0.25) is 5.91 Å². The number of carbonyl (C=O) groups is 2. The van der Waals surface area contributed by atoms with E-state index in [1.165, 1.54) is 16.7 Å². The molecule has 0 saturated carbocycles. The summed E-state index contributed by atoms with van der Waals surface area (Å²) in [6, 6.07) is 4.19. The number of benzene rings is 2. The number of hydrogen-bond acceptors (Lipinski definition) is 3. The molecule has 0 aromatic heterocycles. The van der Waals surface area contributed by atoms with Crippen molar-refractivity contribution < 1.29 is 40.7 Å². The maximum absolute atomic E-state index is 13.4. The zero-order valence-corrected chi connectivity index (χ0v) is 21.8. The van der Waals surface area contributed by atoms with Gasteiger partial charge in [-0.2, -0.15) is 26.3 Å². The van der Waals surface area contributed by atoms with Crippen LogP contribution < -0.4 is 4.90 Å². The number of alkyl halides is 6. The Balaban J connectivity index is 2.12. The van der Waals surface area contributed by atoms with Crippen molar-refractivity contribution in [1.29, 1.82) is 0 Å². The predicted molar refractivity (Wildman–Crippen MR) is 130 cm³/mol. The second-order valence-electron chi connectivity index (χ2n) is 9.75. The zero-order valence-electron chi connectivity index (χ0n) is 21.8. The fourth-order valence-corrected chi connectivity index (χ4v) is 4.68. The molecule has 2 aromatic rings. The number of amides is 2. The third-order valence-corrected chi connectivity index (χ3v) is 6.56. The van der Waals surface area contributed by atoms with Gasteiger partial charge in [-0.1, -0.05) is 12.1 Å². The molecule has 2 amide bonds. The molecule has 3 rings (SSSR count). The van der Waals surface area contributed by atoms with Crippen molar-refractivity contribution >= 4 is 17.7 Å². The van der Waals surface area contributed by atoms with E-state index in [1.54, 1.807) is 19.9 Å². The molecule has 11 heteroatoms. The second-order valence-corrected chi connectivity index (χ2v) is 9.75. The van der Waals surface area contributed by atoms with E-state index in [1.807, 2.05) is 19.9 Å². The number of ether oxygens (including phenoxy) is 1. The number of carbonyl (C=O) groups excluding carboxylic acids is 2. The number of fused-ring (bicyclic) bond motifs is 1. The van der Waals surface area contributed by atoms with Crippen LogP contribution in [0.3, 0.4) is 0 Å². The molecule has 2 aromatic carbocycles. The van der Waals surface area contributed by atoms with Crippen LogP contribution in [-0.4, -0.2) is 29.5 Å². The maximum Gasteiger partial charge on any atom is 0.416 e. The first-order valence-corrected chi connectivity index (χ1v) is 12.1. The van der Waals surface area contributed by atoms with Crippen molar-refractivity contribution in [3.05, 3.63) is 63.7 Å². The van der Waals surface area contributed by atoms with Gasteiger partial charge in [-0.3, -0.25) is 9.69 Å². The Bertz CT molecular complexity index is 1170. The van der Waals surface area contributed by atoms with Crippen LogP contribution >= 0.6 is 0 Å². The normalized spacial score (nSPS) is 16.2. The molecule has 1 unspecified atom stereocenters. The van der Waals surface area contributed by atoms with Crippen LogP contribution in [0, 0.1) is 13.8 Å². The van der Waals surface area contributed by atoms with Gasteiger partial charge in [-0.05, 0) is 81.0 Å². The summed E-state index contributed by atoms with van der Waals surface area (Å²) in [7, 11) is 0. The van der Waals surface area contributed by atoms with Gasteiger partial charge in [0.25, 0.3) is 0 Å². The van der Waals surface area contributed by atoms with Crippen LogP contribution in [0.5, 0.6) is 0 Å². The van der Waals surface area contributed by atoms with E-state index < -0.39 is 48.1 Å². The van der Waals surface area contributed by atoms with Crippen molar-refractivity contribution in [1.82, 2.24) is 4.90 Å². The molecule has 1 heterocycles. The average molecular weight is 545 g/mol. The standard InChI is InChI=1S/C27H30F6N2O3/c1-15(2)38-25(37)34-10-6-7-23(22-9-8-16(3)17(4)24(22)34)35(18(5)36)14-19-11-20(26(28,29)30)13-21(12-19)27(31,32)33/h8-9,11-13,15,23H,6-7,10,14H2,1-5H3. The molecule has 0 aliphatic carbocycles. The Labute approximate surface area is 217 Å². The number of hydrogen-bond donors (Lipinski definition) is 0.